The number of carbonyl (C=O) groups excluding carboxylic acids is 2. The molecule has 0 saturated carbocycles. The van der Waals surface area contributed by atoms with Gasteiger partial charge in [0.15, 0.2) is 24.0 Å². The quantitative estimate of drug-likeness (QED) is 0.112. The molecule has 4 bridgehead atoms. The molecule has 6 N–H and O–H groups in total. The molecule has 4 aliphatic heterocycles. The molecule has 4 atom stereocenters. The second-order valence-electron chi connectivity index (χ2n) is 19.4. The van der Waals surface area contributed by atoms with Crippen LogP contribution in [0.3, 0.4) is 0 Å². The Bertz CT molecular complexity index is 3940. The average molecular weight is 977 g/mol. The van der Waals surface area contributed by atoms with Gasteiger partial charge in [0.25, 0.3) is 11.8 Å². The van der Waals surface area contributed by atoms with E-state index in [9.17, 15) is 9.59 Å². The smallest absolute Gasteiger partial charge is 0.251 e. The Morgan fingerprint density at radius 1 is 0.486 bits per heavy atom. The van der Waals surface area contributed by atoms with Crippen LogP contribution in [0.2, 0.25) is 0 Å². The minimum Gasteiger partial charge on any atom is -0.443 e. The number of amides is 2. The molecule has 14 heteroatoms. The van der Waals surface area contributed by atoms with Crippen LogP contribution in [0.1, 0.15) is 123 Å². The van der Waals surface area contributed by atoms with E-state index in [1.807, 2.05) is 100 Å². The third-order valence-electron chi connectivity index (χ3n) is 15.0. The van der Waals surface area contributed by atoms with E-state index >= 15 is 0 Å². The molecule has 0 saturated heterocycles. The van der Waals surface area contributed by atoms with Gasteiger partial charge in [-0.2, -0.15) is 0 Å². The molecule has 2 amide bonds. The fraction of sp³-hybridized carbons (Fsp3) is 0.167. The van der Waals surface area contributed by atoms with Crippen molar-refractivity contribution in [2.75, 3.05) is 11.5 Å². The Hall–Kier alpha value is -8.98. The molecule has 6 aromatic carbocycles. The number of benzene rings is 6. The zero-order valence-electron chi connectivity index (χ0n) is 40.8. The number of anilines is 2. The van der Waals surface area contributed by atoms with E-state index in [1.54, 1.807) is 0 Å². The fourth-order valence-electron chi connectivity index (χ4n) is 11.4. The van der Waals surface area contributed by atoms with Crippen molar-refractivity contribution in [2.45, 2.75) is 65.2 Å². The number of ether oxygens (including phenoxy) is 2. The highest BCUT2D eigenvalue weighted by molar-refractivity contribution is 5.96. The summed E-state index contributed by atoms with van der Waals surface area (Å²) in [5.74, 6) is 0.714. The third-order valence-corrected chi connectivity index (χ3v) is 15.0. The van der Waals surface area contributed by atoms with E-state index in [2.05, 4.69) is 79.1 Å². The topological polar surface area (TPSA) is 207 Å². The highest BCUT2D eigenvalue weighted by atomic mass is 16.5. The minimum absolute atomic E-state index is 0.116. The van der Waals surface area contributed by atoms with Gasteiger partial charge in [-0.25, -0.2) is 19.9 Å². The van der Waals surface area contributed by atoms with Crippen molar-refractivity contribution in [3.8, 4) is 22.3 Å². The molecule has 14 nitrogen and oxygen atoms in total. The summed E-state index contributed by atoms with van der Waals surface area (Å²) in [6.45, 7) is 8.55. The Balaban J connectivity index is 0.000000143. The molecule has 74 heavy (non-hydrogen) atoms. The number of fused-ring (bicyclic) bond motifs is 18. The third kappa shape index (κ3) is 7.40. The van der Waals surface area contributed by atoms with Crippen molar-refractivity contribution in [3.05, 3.63) is 223 Å². The number of nitrogens with one attached hydrogen (secondary N) is 2. The monoisotopic (exact) mass is 976 g/mol. The standard InChI is InChI=1S/2C30H24N4O3/c1-15-10-26(31)34-16(2)24(15)13-32-30(35)18-7-9-21-23(12-18)29-20-8-6-17(11-22(20)28(21)37-29)19-4-3-5-25-27(19)33-14-36-25;1-15-10-26(31)34-16(2)24(15)13-32-30(35)18-7-9-21-23(12-18)29-22-11-17(6-8-20(22)28(21)37-29)19-4-3-5-25-27(19)33-14-36-25/h2*3-12,14,28-29H,13H2,1-2H3,(H2,31,34)(H,32,35). The predicted octanol–water partition coefficient (Wildman–Crippen LogP) is 11.1. The first kappa shape index (κ1) is 44.9. The maximum atomic E-state index is 13.1. The summed E-state index contributed by atoms with van der Waals surface area (Å²) in [6.07, 6.45) is 2.31. The zero-order valence-corrected chi connectivity index (χ0v) is 40.8. The molecule has 0 fully saturated rings. The van der Waals surface area contributed by atoms with E-state index in [1.165, 1.54) is 18.4 Å². The Morgan fingerprint density at radius 2 is 0.878 bits per heavy atom. The summed E-state index contributed by atoms with van der Waals surface area (Å²) in [5.41, 5.74) is 34.9. The Kier molecular flexibility index (Phi) is 10.5. The van der Waals surface area contributed by atoms with E-state index in [0.717, 1.165) is 117 Å². The number of hydrogen-bond acceptors (Lipinski definition) is 12. The van der Waals surface area contributed by atoms with Crippen molar-refractivity contribution in [1.82, 2.24) is 30.6 Å². The number of pyridine rings is 2. The van der Waals surface area contributed by atoms with Crippen LogP contribution in [0.5, 0.6) is 0 Å². The summed E-state index contributed by atoms with van der Waals surface area (Å²) in [7, 11) is 0. The zero-order chi connectivity index (χ0) is 50.5. The SMILES string of the molecule is Cc1cc(N)nc(C)c1CNC(=O)c1ccc2c(c1)C1OC2c2cc(-c3cccc4ocnc34)ccc21.Cc1cc(N)nc(C)c1CNC(=O)c1ccc2c(c1)C1OC2c2ccc(-c3cccc4ocnc34)cc21. The molecular weight excluding hydrogens is 929 g/mol. The van der Waals surface area contributed by atoms with E-state index in [4.69, 9.17) is 29.8 Å². The van der Waals surface area contributed by atoms with Crippen LogP contribution < -0.4 is 22.1 Å². The second-order valence-corrected chi connectivity index (χ2v) is 19.4. The van der Waals surface area contributed by atoms with Crippen molar-refractivity contribution in [2.24, 2.45) is 0 Å². The lowest BCUT2D eigenvalue weighted by molar-refractivity contribution is 0.0856. The lowest BCUT2D eigenvalue weighted by Crippen LogP contribution is -2.24. The van der Waals surface area contributed by atoms with Crippen LogP contribution in [0.25, 0.3) is 44.5 Å². The predicted molar refractivity (Wildman–Crippen MR) is 280 cm³/mol. The van der Waals surface area contributed by atoms with Gasteiger partial charge in [0.2, 0.25) is 0 Å². The van der Waals surface area contributed by atoms with Crippen LogP contribution in [0.15, 0.2) is 143 Å². The van der Waals surface area contributed by atoms with Crippen LogP contribution in [0.4, 0.5) is 11.6 Å². The van der Waals surface area contributed by atoms with Gasteiger partial charge in [-0.3, -0.25) is 9.59 Å². The number of nitrogens with two attached hydrogens (primary N) is 2. The van der Waals surface area contributed by atoms with Gasteiger partial charge in [-0.15, -0.1) is 0 Å². The summed E-state index contributed by atoms with van der Waals surface area (Å²) in [4.78, 5) is 43.6. The molecule has 10 aromatic rings. The van der Waals surface area contributed by atoms with Gasteiger partial charge >= 0.3 is 0 Å². The first-order valence-electron chi connectivity index (χ1n) is 24.5. The number of rotatable bonds is 8. The molecule has 4 unspecified atom stereocenters. The van der Waals surface area contributed by atoms with Crippen molar-refractivity contribution < 1.29 is 27.9 Å². The number of para-hydroxylation sites is 2. The van der Waals surface area contributed by atoms with Crippen molar-refractivity contribution in [3.63, 3.8) is 0 Å². The molecule has 8 heterocycles. The van der Waals surface area contributed by atoms with Crippen molar-refractivity contribution in [1.29, 1.82) is 0 Å². The Labute approximate surface area is 424 Å². The van der Waals surface area contributed by atoms with Crippen LogP contribution >= 0.6 is 0 Å². The second kappa shape index (κ2) is 17.4. The number of aryl methyl sites for hydroxylation is 4. The first-order chi connectivity index (χ1) is 35.9. The molecule has 0 aliphatic carbocycles. The van der Waals surface area contributed by atoms with Gasteiger partial charge in [0, 0.05) is 46.7 Å². The highest BCUT2D eigenvalue weighted by Gasteiger charge is 2.44. The average Bonchev–Trinajstić information content (AvgIpc) is 4.29. The highest BCUT2D eigenvalue weighted by Crippen LogP contribution is 2.56. The molecule has 364 valence electrons. The molecule has 4 aromatic heterocycles. The first-order valence-corrected chi connectivity index (χ1v) is 24.5. The number of nitrogens with zero attached hydrogens (tertiary/aromatic N) is 4. The number of aromatic nitrogens is 4. The summed E-state index contributed by atoms with van der Waals surface area (Å²) >= 11 is 0. The number of oxazole rings is 2. The Morgan fingerprint density at radius 3 is 1.31 bits per heavy atom. The lowest BCUT2D eigenvalue weighted by Gasteiger charge is -2.18. The summed E-state index contributed by atoms with van der Waals surface area (Å²) < 4.78 is 23.8. The van der Waals surface area contributed by atoms with Crippen LogP contribution in [-0.2, 0) is 22.6 Å². The number of hydrogen-bond donors (Lipinski definition) is 4. The largest absolute Gasteiger partial charge is 0.443 e. The number of nitrogen functional groups attached to an aromatic ring is 2. The normalized spacial score (nSPS) is 17.1. The molecule has 0 spiro atoms. The van der Waals surface area contributed by atoms with Crippen LogP contribution in [-0.4, -0.2) is 31.8 Å². The van der Waals surface area contributed by atoms with Gasteiger partial charge in [0.05, 0.1) is 0 Å². The molecule has 4 aliphatic rings. The molecule has 0 radical (unpaired) electrons. The maximum Gasteiger partial charge on any atom is 0.251 e. The summed E-state index contributed by atoms with van der Waals surface area (Å²) in [6, 6.07) is 40.1. The minimum atomic E-state index is -0.204. The number of carbonyl (C=O) groups is 2. The van der Waals surface area contributed by atoms with Gasteiger partial charge in [-0.05, 0) is 166 Å². The van der Waals surface area contributed by atoms with Gasteiger partial charge < -0.3 is 40.4 Å². The molecular formula is C60H48N8O6. The van der Waals surface area contributed by atoms with E-state index < -0.39 is 0 Å². The van der Waals surface area contributed by atoms with E-state index in [-0.39, 0.29) is 36.2 Å². The van der Waals surface area contributed by atoms with Crippen molar-refractivity contribution >= 4 is 45.6 Å². The van der Waals surface area contributed by atoms with Gasteiger partial charge in [-0.1, -0.05) is 60.7 Å². The van der Waals surface area contributed by atoms with Crippen LogP contribution in [0, 0.1) is 27.7 Å². The fourth-order valence-corrected chi connectivity index (χ4v) is 11.4. The summed E-state index contributed by atoms with van der Waals surface area (Å²) in [5, 5.41) is 6.07. The lowest BCUT2D eigenvalue weighted by atomic mass is 9.83. The maximum absolute atomic E-state index is 13.1. The molecule has 14 rings (SSSR count). The van der Waals surface area contributed by atoms with E-state index in [0.29, 0.717) is 35.9 Å². The van der Waals surface area contributed by atoms with Gasteiger partial charge in [0.1, 0.15) is 47.1 Å².